The Hall–Kier alpha value is -2.50. The number of hydrogen-bond donors (Lipinski definition) is 1. The quantitative estimate of drug-likeness (QED) is 0.866. The Bertz CT molecular complexity index is 790. The van der Waals surface area contributed by atoms with E-state index in [1.54, 1.807) is 14.2 Å². The first-order chi connectivity index (χ1) is 13.3. The van der Waals surface area contributed by atoms with Gasteiger partial charge >= 0.3 is 0 Å². The summed E-state index contributed by atoms with van der Waals surface area (Å²) < 4.78 is 10.9. The molecule has 0 amide bonds. The molecule has 1 aromatic carbocycles. The summed E-state index contributed by atoms with van der Waals surface area (Å²) >= 11 is 0. The standard InChI is InChI=1S/C21H28N4O2/c1-26-18-12-15-9-11-25(14-16(15)13-19(18)27-2)20-8-10-22-21(24-20)23-17-6-4-3-5-7-17/h8,10,12-13,17H,3-7,9,11,14H2,1-2H3,(H,22,23,24). The maximum absolute atomic E-state index is 5.47. The van der Waals surface area contributed by atoms with Crippen molar-refractivity contribution in [2.24, 2.45) is 0 Å². The summed E-state index contributed by atoms with van der Waals surface area (Å²) in [6.07, 6.45) is 9.19. The minimum absolute atomic E-state index is 0.507. The van der Waals surface area contributed by atoms with E-state index in [1.165, 1.54) is 43.2 Å². The predicted molar refractivity (Wildman–Crippen MR) is 107 cm³/mol. The molecule has 6 heteroatoms. The summed E-state index contributed by atoms with van der Waals surface area (Å²) in [5, 5.41) is 3.53. The predicted octanol–water partition coefficient (Wildman–Crippen LogP) is 3.80. The fourth-order valence-electron chi connectivity index (χ4n) is 4.10. The molecule has 1 saturated carbocycles. The number of benzene rings is 1. The van der Waals surface area contributed by atoms with Gasteiger partial charge in [-0.15, -0.1) is 0 Å². The van der Waals surface area contributed by atoms with Crippen LogP contribution in [0.3, 0.4) is 0 Å². The van der Waals surface area contributed by atoms with Crippen LogP contribution < -0.4 is 19.7 Å². The fourth-order valence-corrected chi connectivity index (χ4v) is 4.10. The highest BCUT2D eigenvalue weighted by Gasteiger charge is 2.21. The number of anilines is 2. The van der Waals surface area contributed by atoms with Crippen LogP contribution in [0.4, 0.5) is 11.8 Å². The monoisotopic (exact) mass is 368 g/mol. The Balaban J connectivity index is 1.50. The first-order valence-corrected chi connectivity index (χ1v) is 9.85. The van der Waals surface area contributed by atoms with Crippen molar-refractivity contribution in [2.75, 3.05) is 31.0 Å². The molecule has 0 saturated heterocycles. The number of methoxy groups -OCH3 is 2. The van der Waals surface area contributed by atoms with E-state index in [0.29, 0.717) is 6.04 Å². The zero-order valence-corrected chi connectivity index (χ0v) is 16.2. The van der Waals surface area contributed by atoms with Gasteiger partial charge < -0.3 is 19.7 Å². The molecule has 1 N–H and O–H groups in total. The molecular weight excluding hydrogens is 340 g/mol. The highest BCUT2D eigenvalue weighted by atomic mass is 16.5. The van der Waals surface area contributed by atoms with E-state index in [2.05, 4.69) is 27.3 Å². The average Bonchev–Trinajstić information content (AvgIpc) is 2.73. The van der Waals surface area contributed by atoms with Crippen molar-refractivity contribution < 1.29 is 9.47 Å². The number of aromatic nitrogens is 2. The first-order valence-electron chi connectivity index (χ1n) is 9.85. The van der Waals surface area contributed by atoms with E-state index in [0.717, 1.165) is 42.8 Å². The second-order valence-electron chi connectivity index (χ2n) is 7.37. The van der Waals surface area contributed by atoms with Crippen LogP contribution in [0.1, 0.15) is 43.2 Å². The highest BCUT2D eigenvalue weighted by Crippen LogP contribution is 2.34. The summed E-state index contributed by atoms with van der Waals surface area (Å²) in [5.41, 5.74) is 2.58. The van der Waals surface area contributed by atoms with Gasteiger partial charge in [0.25, 0.3) is 0 Å². The van der Waals surface area contributed by atoms with Crippen LogP contribution in [0.5, 0.6) is 11.5 Å². The number of rotatable bonds is 5. The van der Waals surface area contributed by atoms with E-state index in [-0.39, 0.29) is 0 Å². The first kappa shape index (κ1) is 17.9. The topological polar surface area (TPSA) is 59.5 Å². The Labute approximate surface area is 160 Å². The van der Waals surface area contributed by atoms with Crippen LogP contribution in [0.25, 0.3) is 0 Å². The van der Waals surface area contributed by atoms with Crippen molar-refractivity contribution in [1.29, 1.82) is 0 Å². The van der Waals surface area contributed by atoms with Crippen molar-refractivity contribution in [3.05, 3.63) is 35.5 Å². The maximum atomic E-state index is 5.47. The molecular formula is C21H28N4O2. The molecule has 1 fully saturated rings. The van der Waals surface area contributed by atoms with Crippen LogP contribution in [-0.2, 0) is 13.0 Å². The largest absolute Gasteiger partial charge is 0.493 e. The molecule has 6 nitrogen and oxygen atoms in total. The SMILES string of the molecule is COc1cc2c(cc1OC)CN(c1ccnc(NC3CCCCC3)n1)CC2. The van der Waals surface area contributed by atoms with Crippen molar-refractivity contribution in [2.45, 2.75) is 51.1 Å². The molecule has 144 valence electrons. The van der Waals surface area contributed by atoms with Crippen molar-refractivity contribution in [3.8, 4) is 11.5 Å². The van der Waals surface area contributed by atoms with Gasteiger partial charge in [-0.05, 0) is 48.6 Å². The van der Waals surface area contributed by atoms with Gasteiger partial charge in [-0.2, -0.15) is 4.98 Å². The van der Waals surface area contributed by atoms with Gasteiger partial charge in [0.2, 0.25) is 5.95 Å². The van der Waals surface area contributed by atoms with Gasteiger partial charge in [0.05, 0.1) is 14.2 Å². The summed E-state index contributed by atoms with van der Waals surface area (Å²) in [5.74, 6) is 3.30. The van der Waals surface area contributed by atoms with E-state index in [4.69, 9.17) is 14.5 Å². The van der Waals surface area contributed by atoms with Gasteiger partial charge in [-0.1, -0.05) is 19.3 Å². The Morgan fingerprint density at radius 1 is 1.04 bits per heavy atom. The smallest absolute Gasteiger partial charge is 0.224 e. The minimum Gasteiger partial charge on any atom is -0.493 e. The zero-order chi connectivity index (χ0) is 18.6. The second kappa shape index (κ2) is 8.03. The molecule has 1 aromatic heterocycles. The summed E-state index contributed by atoms with van der Waals surface area (Å²) in [7, 11) is 3.36. The lowest BCUT2D eigenvalue weighted by Gasteiger charge is -2.31. The number of nitrogens with one attached hydrogen (secondary N) is 1. The Morgan fingerprint density at radius 2 is 1.78 bits per heavy atom. The Morgan fingerprint density at radius 3 is 2.52 bits per heavy atom. The summed E-state index contributed by atoms with van der Waals surface area (Å²) in [4.78, 5) is 11.5. The average molecular weight is 368 g/mol. The van der Waals surface area contributed by atoms with Gasteiger partial charge in [-0.25, -0.2) is 4.98 Å². The van der Waals surface area contributed by atoms with E-state index in [9.17, 15) is 0 Å². The molecule has 0 atom stereocenters. The second-order valence-corrected chi connectivity index (χ2v) is 7.37. The molecule has 27 heavy (non-hydrogen) atoms. The maximum Gasteiger partial charge on any atom is 0.224 e. The van der Waals surface area contributed by atoms with Crippen LogP contribution in [0.15, 0.2) is 24.4 Å². The van der Waals surface area contributed by atoms with Crippen LogP contribution in [-0.4, -0.2) is 36.8 Å². The lowest BCUT2D eigenvalue weighted by atomic mass is 9.96. The molecule has 2 heterocycles. The van der Waals surface area contributed by atoms with Crippen molar-refractivity contribution in [1.82, 2.24) is 9.97 Å². The molecule has 0 unspecified atom stereocenters. The molecule has 4 rings (SSSR count). The zero-order valence-electron chi connectivity index (χ0n) is 16.2. The van der Waals surface area contributed by atoms with Crippen molar-refractivity contribution in [3.63, 3.8) is 0 Å². The van der Waals surface area contributed by atoms with Crippen LogP contribution in [0.2, 0.25) is 0 Å². The third-order valence-electron chi connectivity index (χ3n) is 5.62. The molecule has 0 bridgehead atoms. The highest BCUT2D eigenvalue weighted by molar-refractivity contribution is 5.52. The Kier molecular flexibility index (Phi) is 5.32. The van der Waals surface area contributed by atoms with E-state index in [1.807, 2.05) is 12.3 Å². The van der Waals surface area contributed by atoms with Gasteiger partial charge in [0, 0.05) is 25.3 Å². The molecule has 1 aliphatic carbocycles. The van der Waals surface area contributed by atoms with Gasteiger partial charge in [0.1, 0.15) is 5.82 Å². The summed E-state index contributed by atoms with van der Waals surface area (Å²) in [6.45, 7) is 1.75. The van der Waals surface area contributed by atoms with Crippen molar-refractivity contribution >= 4 is 11.8 Å². The van der Waals surface area contributed by atoms with Gasteiger partial charge in [-0.3, -0.25) is 0 Å². The van der Waals surface area contributed by atoms with Gasteiger partial charge in [0.15, 0.2) is 11.5 Å². The fraction of sp³-hybridized carbons (Fsp3) is 0.524. The third-order valence-corrected chi connectivity index (χ3v) is 5.62. The number of ether oxygens (including phenoxy) is 2. The van der Waals surface area contributed by atoms with Crippen LogP contribution in [0, 0.1) is 0 Å². The summed E-state index contributed by atoms with van der Waals surface area (Å²) in [6, 6.07) is 6.69. The van der Waals surface area contributed by atoms with Crippen LogP contribution >= 0.6 is 0 Å². The molecule has 2 aromatic rings. The number of hydrogen-bond acceptors (Lipinski definition) is 6. The van der Waals surface area contributed by atoms with E-state index >= 15 is 0 Å². The number of fused-ring (bicyclic) bond motifs is 1. The van der Waals surface area contributed by atoms with E-state index < -0.39 is 0 Å². The third kappa shape index (κ3) is 3.94. The molecule has 0 spiro atoms. The lowest BCUT2D eigenvalue weighted by Crippen LogP contribution is -2.31. The molecule has 1 aliphatic heterocycles. The minimum atomic E-state index is 0.507. The molecule has 2 aliphatic rings. The molecule has 0 radical (unpaired) electrons. The normalized spacial score (nSPS) is 17.3. The number of nitrogens with zero attached hydrogens (tertiary/aromatic N) is 3. The lowest BCUT2D eigenvalue weighted by molar-refractivity contribution is 0.353.